The van der Waals surface area contributed by atoms with E-state index in [-0.39, 0.29) is 24.1 Å². The average molecular weight is 262 g/mol. The number of carbonyl (C=O) groups is 1. The maximum atomic E-state index is 13.8. The summed E-state index contributed by atoms with van der Waals surface area (Å²) in [4.78, 5) is 11.9. The smallest absolute Gasteiger partial charge is 0.254 e. The number of hydrogen-bond donors (Lipinski definition) is 2. The molecule has 0 saturated carbocycles. The fraction of sp³-hybridized carbons (Fsp3) is 0.400. The summed E-state index contributed by atoms with van der Waals surface area (Å²) in [6.07, 6.45) is 1.65. The van der Waals surface area contributed by atoms with Gasteiger partial charge in [-0.25, -0.2) is 4.39 Å². The van der Waals surface area contributed by atoms with Crippen LogP contribution < -0.4 is 11.1 Å². The average Bonchev–Trinajstić information content (AvgIpc) is 2.42. The molecule has 0 aromatic heterocycles. The van der Waals surface area contributed by atoms with E-state index in [1.807, 2.05) is 13.8 Å². The second-order valence-electron chi connectivity index (χ2n) is 4.19. The first-order chi connectivity index (χ1) is 9.12. The van der Waals surface area contributed by atoms with Gasteiger partial charge in [-0.15, -0.1) is 0 Å². The van der Waals surface area contributed by atoms with Gasteiger partial charge in [0, 0.05) is 11.6 Å². The van der Waals surface area contributed by atoms with Crippen molar-refractivity contribution in [2.45, 2.75) is 32.7 Å². The zero-order chi connectivity index (χ0) is 14.3. The molecule has 4 heteroatoms. The van der Waals surface area contributed by atoms with Gasteiger partial charge in [0.1, 0.15) is 5.82 Å². The van der Waals surface area contributed by atoms with Crippen LogP contribution in [0.4, 0.5) is 4.39 Å². The maximum Gasteiger partial charge on any atom is 0.254 e. The molecule has 1 rings (SSSR count). The van der Waals surface area contributed by atoms with E-state index in [1.165, 1.54) is 12.1 Å². The van der Waals surface area contributed by atoms with Crippen LogP contribution in [0.1, 0.15) is 42.6 Å². The van der Waals surface area contributed by atoms with Crippen molar-refractivity contribution in [1.82, 2.24) is 5.32 Å². The maximum absolute atomic E-state index is 13.8. The van der Waals surface area contributed by atoms with Gasteiger partial charge in [0.25, 0.3) is 5.91 Å². The molecule has 0 fully saturated rings. The third-order valence-corrected chi connectivity index (χ3v) is 2.87. The Hall–Kier alpha value is -1.86. The summed E-state index contributed by atoms with van der Waals surface area (Å²) in [5, 5.41) is 2.80. The highest BCUT2D eigenvalue weighted by Gasteiger charge is 2.14. The van der Waals surface area contributed by atoms with E-state index in [4.69, 9.17) is 5.73 Å². The lowest BCUT2D eigenvalue weighted by molar-refractivity contribution is 0.0931. The molecule has 0 heterocycles. The molecule has 1 amide bonds. The molecular formula is C15H19FN2O. The second-order valence-corrected chi connectivity index (χ2v) is 4.19. The molecule has 0 unspecified atom stereocenters. The number of halogens is 1. The predicted octanol–water partition coefficient (Wildman–Crippen LogP) is 2.05. The van der Waals surface area contributed by atoms with E-state index in [9.17, 15) is 9.18 Å². The topological polar surface area (TPSA) is 55.1 Å². The van der Waals surface area contributed by atoms with E-state index < -0.39 is 5.82 Å². The first-order valence-electron chi connectivity index (χ1n) is 6.41. The molecule has 0 radical (unpaired) electrons. The van der Waals surface area contributed by atoms with Gasteiger partial charge in [0.2, 0.25) is 0 Å². The molecule has 3 N–H and O–H groups in total. The van der Waals surface area contributed by atoms with Crippen molar-refractivity contribution in [3.05, 3.63) is 35.1 Å². The fourth-order valence-corrected chi connectivity index (χ4v) is 1.69. The molecule has 0 atom stereocenters. The molecule has 19 heavy (non-hydrogen) atoms. The van der Waals surface area contributed by atoms with Crippen LogP contribution in [-0.4, -0.2) is 18.5 Å². The highest BCUT2D eigenvalue weighted by Crippen LogP contribution is 2.11. The summed E-state index contributed by atoms with van der Waals surface area (Å²) in [5.41, 5.74) is 5.81. The molecular weight excluding hydrogens is 243 g/mol. The Labute approximate surface area is 113 Å². The van der Waals surface area contributed by atoms with Crippen LogP contribution >= 0.6 is 0 Å². The molecule has 1 aromatic carbocycles. The van der Waals surface area contributed by atoms with Gasteiger partial charge >= 0.3 is 0 Å². The Balaban J connectivity index is 2.87. The number of nitrogens with two attached hydrogens (primary N) is 1. The summed E-state index contributed by atoms with van der Waals surface area (Å²) in [7, 11) is 0. The van der Waals surface area contributed by atoms with Gasteiger partial charge in [-0.2, -0.15) is 0 Å². The van der Waals surface area contributed by atoms with Crippen LogP contribution in [0.5, 0.6) is 0 Å². The van der Waals surface area contributed by atoms with E-state index >= 15 is 0 Å². The highest BCUT2D eigenvalue weighted by molar-refractivity contribution is 5.94. The van der Waals surface area contributed by atoms with Crippen molar-refractivity contribution < 1.29 is 9.18 Å². The number of carbonyl (C=O) groups excluding carboxylic acids is 1. The molecule has 0 aliphatic carbocycles. The van der Waals surface area contributed by atoms with Crippen molar-refractivity contribution in [3.8, 4) is 11.8 Å². The lowest BCUT2D eigenvalue weighted by Crippen LogP contribution is -2.34. The van der Waals surface area contributed by atoms with Crippen molar-refractivity contribution in [2.75, 3.05) is 6.54 Å². The highest BCUT2D eigenvalue weighted by atomic mass is 19.1. The molecule has 102 valence electrons. The molecule has 0 aliphatic heterocycles. The van der Waals surface area contributed by atoms with E-state index in [0.29, 0.717) is 5.56 Å². The normalized spacial score (nSPS) is 9.95. The quantitative estimate of drug-likeness (QED) is 0.816. The van der Waals surface area contributed by atoms with Crippen LogP contribution in [0.25, 0.3) is 0 Å². The summed E-state index contributed by atoms with van der Waals surface area (Å²) < 4.78 is 13.8. The van der Waals surface area contributed by atoms with Crippen LogP contribution in [0.3, 0.4) is 0 Å². The minimum absolute atomic E-state index is 0.0465. The Bertz CT molecular complexity index is 499. The largest absolute Gasteiger partial charge is 0.349 e. The third kappa shape index (κ3) is 4.38. The van der Waals surface area contributed by atoms with E-state index in [2.05, 4.69) is 17.2 Å². The van der Waals surface area contributed by atoms with Gasteiger partial charge < -0.3 is 11.1 Å². The Kier molecular flexibility index (Phi) is 6.04. The van der Waals surface area contributed by atoms with E-state index in [0.717, 1.165) is 12.8 Å². The number of hydrogen-bond acceptors (Lipinski definition) is 2. The van der Waals surface area contributed by atoms with Gasteiger partial charge in [-0.05, 0) is 31.0 Å². The number of amides is 1. The first kappa shape index (κ1) is 15.2. The Morgan fingerprint density at radius 2 is 2.11 bits per heavy atom. The molecule has 0 spiro atoms. The molecule has 1 aromatic rings. The monoisotopic (exact) mass is 262 g/mol. The molecule has 0 bridgehead atoms. The molecule has 0 saturated heterocycles. The van der Waals surface area contributed by atoms with Crippen molar-refractivity contribution in [3.63, 3.8) is 0 Å². The third-order valence-electron chi connectivity index (χ3n) is 2.87. The Morgan fingerprint density at radius 3 is 2.63 bits per heavy atom. The standard InChI is InChI=1S/C15H19FN2O/c1-3-12(4-2)18-15(19)13-8-7-11(6-5-9-17)10-14(13)16/h7-8,10,12H,3-4,9,17H2,1-2H3,(H,18,19). The number of rotatable bonds is 4. The molecule has 3 nitrogen and oxygen atoms in total. The zero-order valence-electron chi connectivity index (χ0n) is 11.3. The van der Waals surface area contributed by atoms with Gasteiger partial charge in [-0.1, -0.05) is 25.7 Å². The molecule has 0 aliphatic rings. The number of benzene rings is 1. The zero-order valence-corrected chi connectivity index (χ0v) is 11.3. The van der Waals surface area contributed by atoms with Gasteiger partial charge in [-0.3, -0.25) is 4.79 Å². The van der Waals surface area contributed by atoms with Crippen molar-refractivity contribution in [1.29, 1.82) is 0 Å². The summed E-state index contributed by atoms with van der Waals surface area (Å²) in [5.74, 6) is 4.42. The summed E-state index contributed by atoms with van der Waals surface area (Å²) in [6.45, 7) is 4.19. The van der Waals surface area contributed by atoms with Crippen LogP contribution in [0.15, 0.2) is 18.2 Å². The van der Waals surface area contributed by atoms with Gasteiger partial charge in [0.15, 0.2) is 0 Å². The van der Waals surface area contributed by atoms with Crippen LogP contribution in [-0.2, 0) is 0 Å². The Morgan fingerprint density at radius 1 is 1.42 bits per heavy atom. The first-order valence-corrected chi connectivity index (χ1v) is 6.41. The lowest BCUT2D eigenvalue weighted by Gasteiger charge is -2.14. The number of nitrogens with one attached hydrogen (secondary N) is 1. The second kappa shape index (κ2) is 7.55. The lowest BCUT2D eigenvalue weighted by atomic mass is 10.1. The van der Waals surface area contributed by atoms with Crippen molar-refractivity contribution >= 4 is 5.91 Å². The SMILES string of the molecule is CCC(CC)NC(=O)c1ccc(C#CCN)cc1F. The minimum atomic E-state index is -0.563. The van der Waals surface area contributed by atoms with Crippen LogP contribution in [0.2, 0.25) is 0 Å². The van der Waals surface area contributed by atoms with E-state index in [1.54, 1.807) is 6.07 Å². The summed E-state index contributed by atoms with van der Waals surface area (Å²) >= 11 is 0. The fourth-order valence-electron chi connectivity index (χ4n) is 1.69. The predicted molar refractivity (Wildman–Crippen MR) is 74.2 cm³/mol. The van der Waals surface area contributed by atoms with Crippen LogP contribution in [0, 0.1) is 17.7 Å². The van der Waals surface area contributed by atoms with Crippen molar-refractivity contribution in [2.24, 2.45) is 5.73 Å². The minimum Gasteiger partial charge on any atom is -0.349 e. The van der Waals surface area contributed by atoms with Gasteiger partial charge in [0.05, 0.1) is 12.1 Å². The summed E-state index contributed by atoms with van der Waals surface area (Å²) in [6, 6.07) is 4.40.